The minimum Gasteiger partial charge on any atom is -0.316 e. The lowest BCUT2D eigenvalue weighted by Crippen LogP contribution is -2.34. The molecule has 0 aromatic heterocycles. The van der Waals surface area contributed by atoms with E-state index >= 15 is 0 Å². The quantitative estimate of drug-likeness (QED) is 0.851. The number of hydrogen-bond donors (Lipinski definition) is 1. The Kier molecular flexibility index (Phi) is 4.27. The van der Waals surface area contributed by atoms with Crippen LogP contribution in [0.5, 0.6) is 0 Å². The van der Waals surface area contributed by atoms with Crippen molar-refractivity contribution in [1.29, 1.82) is 0 Å². The van der Waals surface area contributed by atoms with Gasteiger partial charge >= 0.3 is 0 Å². The lowest BCUT2D eigenvalue weighted by atomic mass is 9.77. The molecule has 1 saturated heterocycles. The van der Waals surface area contributed by atoms with Crippen molar-refractivity contribution in [3.8, 4) is 0 Å². The fourth-order valence-electron chi connectivity index (χ4n) is 3.32. The van der Waals surface area contributed by atoms with Gasteiger partial charge in [-0.05, 0) is 43.5 Å². The van der Waals surface area contributed by atoms with Crippen molar-refractivity contribution in [3.63, 3.8) is 0 Å². The zero-order chi connectivity index (χ0) is 14.8. The molecule has 1 aliphatic rings. The van der Waals surface area contributed by atoms with Crippen LogP contribution in [-0.2, 0) is 0 Å². The van der Waals surface area contributed by atoms with Crippen molar-refractivity contribution in [2.45, 2.75) is 25.2 Å². The first-order valence-corrected chi connectivity index (χ1v) is 7.76. The third kappa shape index (κ3) is 2.97. The van der Waals surface area contributed by atoms with Crippen LogP contribution < -0.4 is 5.32 Å². The second-order valence-electron chi connectivity index (χ2n) is 5.76. The highest BCUT2D eigenvalue weighted by atomic mass is 35.5. The highest BCUT2D eigenvalue weighted by Crippen LogP contribution is 2.41. The van der Waals surface area contributed by atoms with E-state index in [2.05, 4.69) is 36.5 Å². The van der Waals surface area contributed by atoms with Crippen molar-refractivity contribution < 1.29 is 4.39 Å². The van der Waals surface area contributed by atoms with E-state index in [9.17, 15) is 4.39 Å². The van der Waals surface area contributed by atoms with E-state index < -0.39 is 0 Å². The maximum absolute atomic E-state index is 14.3. The summed E-state index contributed by atoms with van der Waals surface area (Å²) in [5, 5.41) is 3.97. The van der Waals surface area contributed by atoms with Gasteiger partial charge in [-0.15, -0.1) is 0 Å². The predicted molar refractivity (Wildman–Crippen MR) is 85.6 cm³/mol. The Hall–Kier alpha value is -1.38. The van der Waals surface area contributed by atoms with Gasteiger partial charge in [0.05, 0.1) is 0 Å². The van der Waals surface area contributed by atoms with Gasteiger partial charge in [-0.1, -0.05) is 47.5 Å². The minimum atomic E-state index is -0.188. The number of halogens is 2. The Morgan fingerprint density at radius 1 is 1.14 bits per heavy atom. The lowest BCUT2D eigenvalue weighted by molar-refractivity contribution is 0.393. The summed E-state index contributed by atoms with van der Waals surface area (Å²) in [5.74, 6) is 0.196. The van der Waals surface area contributed by atoms with Gasteiger partial charge in [-0.2, -0.15) is 0 Å². The first kappa shape index (κ1) is 14.6. The SMILES string of the molecule is Cc1cccc(C2CNCCC2c2c(F)cccc2Cl)c1. The third-order valence-electron chi connectivity index (χ3n) is 4.32. The monoisotopic (exact) mass is 303 g/mol. The van der Waals surface area contributed by atoms with Gasteiger partial charge in [0, 0.05) is 23.0 Å². The van der Waals surface area contributed by atoms with Crippen molar-refractivity contribution in [1.82, 2.24) is 5.32 Å². The molecule has 3 rings (SSSR count). The molecule has 0 amide bonds. The molecule has 1 heterocycles. The molecule has 0 bridgehead atoms. The van der Waals surface area contributed by atoms with Gasteiger partial charge in [0.15, 0.2) is 0 Å². The summed E-state index contributed by atoms with van der Waals surface area (Å²) in [6, 6.07) is 13.5. The van der Waals surface area contributed by atoms with Crippen LogP contribution in [0.1, 0.15) is 34.9 Å². The molecule has 2 aromatic carbocycles. The van der Waals surface area contributed by atoms with Crippen LogP contribution in [0.4, 0.5) is 4.39 Å². The van der Waals surface area contributed by atoms with E-state index in [0.717, 1.165) is 19.5 Å². The molecule has 1 N–H and O–H groups in total. The van der Waals surface area contributed by atoms with E-state index in [0.29, 0.717) is 10.6 Å². The van der Waals surface area contributed by atoms with E-state index in [1.54, 1.807) is 12.1 Å². The molecule has 3 heteroatoms. The second-order valence-corrected chi connectivity index (χ2v) is 6.16. The van der Waals surface area contributed by atoms with Crippen LogP contribution in [0.25, 0.3) is 0 Å². The minimum absolute atomic E-state index is 0.127. The van der Waals surface area contributed by atoms with E-state index in [1.165, 1.54) is 17.2 Å². The Morgan fingerprint density at radius 2 is 1.95 bits per heavy atom. The molecule has 0 spiro atoms. The van der Waals surface area contributed by atoms with Gasteiger partial charge in [-0.25, -0.2) is 4.39 Å². The van der Waals surface area contributed by atoms with Crippen LogP contribution in [0.15, 0.2) is 42.5 Å². The van der Waals surface area contributed by atoms with E-state index in [4.69, 9.17) is 11.6 Å². The maximum Gasteiger partial charge on any atom is 0.128 e. The molecule has 21 heavy (non-hydrogen) atoms. The molecule has 1 nitrogen and oxygen atoms in total. The van der Waals surface area contributed by atoms with Crippen molar-refractivity contribution in [2.75, 3.05) is 13.1 Å². The molecular formula is C18H19ClFN. The molecule has 0 aliphatic carbocycles. The normalized spacial score (nSPS) is 22.2. The predicted octanol–water partition coefficient (Wildman–Crippen LogP) is 4.65. The van der Waals surface area contributed by atoms with Crippen LogP contribution in [-0.4, -0.2) is 13.1 Å². The number of nitrogens with one attached hydrogen (secondary N) is 1. The topological polar surface area (TPSA) is 12.0 Å². The summed E-state index contributed by atoms with van der Waals surface area (Å²) >= 11 is 6.29. The Morgan fingerprint density at radius 3 is 2.71 bits per heavy atom. The van der Waals surface area contributed by atoms with Crippen LogP contribution in [0.3, 0.4) is 0 Å². The van der Waals surface area contributed by atoms with Gasteiger partial charge < -0.3 is 5.32 Å². The summed E-state index contributed by atoms with van der Waals surface area (Å²) in [6.45, 7) is 3.85. The van der Waals surface area contributed by atoms with Gasteiger partial charge in [-0.3, -0.25) is 0 Å². The Bertz CT molecular complexity index is 621. The van der Waals surface area contributed by atoms with Crippen LogP contribution in [0.2, 0.25) is 5.02 Å². The van der Waals surface area contributed by atoms with Gasteiger partial charge in [0.1, 0.15) is 5.82 Å². The molecule has 0 saturated carbocycles. The van der Waals surface area contributed by atoms with E-state index in [1.807, 2.05) is 0 Å². The fraction of sp³-hybridized carbons (Fsp3) is 0.333. The smallest absolute Gasteiger partial charge is 0.128 e. The van der Waals surface area contributed by atoms with Crippen molar-refractivity contribution in [3.05, 3.63) is 70.0 Å². The number of piperidine rings is 1. The van der Waals surface area contributed by atoms with Gasteiger partial charge in [0.2, 0.25) is 0 Å². The van der Waals surface area contributed by atoms with Gasteiger partial charge in [0.25, 0.3) is 0 Å². The number of benzene rings is 2. The molecule has 110 valence electrons. The molecule has 2 aromatic rings. The fourth-order valence-corrected chi connectivity index (χ4v) is 3.62. The standard InChI is InChI=1S/C18H19ClFN/c1-12-4-2-5-13(10-12)15-11-21-9-8-14(15)18-16(19)6-3-7-17(18)20/h2-7,10,14-15,21H,8-9,11H2,1H3. The summed E-state index contributed by atoms with van der Waals surface area (Å²) in [5.41, 5.74) is 3.16. The molecule has 2 unspecified atom stereocenters. The molecular weight excluding hydrogens is 285 g/mol. The summed E-state index contributed by atoms with van der Waals surface area (Å²) < 4.78 is 14.3. The Labute approximate surface area is 130 Å². The first-order valence-electron chi connectivity index (χ1n) is 7.38. The summed E-state index contributed by atoms with van der Waals surface area (Å²) in [4.78, 5) is 0. The van der Waals surface area contributed by atoms with E-state index in [-0.39, 0.29) is 17.7 Å². The summed E-state index contributed by atoms with van der Waals surface area (Å²) in [6.07, 6.45) is 0.902. The average Bonchev–Trinajstić information content (AvgIpc) is 2.47. The lowest BCUT2D eigenvalue weighted by Gasteiger charge is -2.33. The largest absolute Gasteiger partial charge is 0.316 e. The highest BCUT2D eigenvalue weighted by molar-refractivity contribution is 6.31. The highest BCUT2D eigenvalue weighted by Gasteiger charge is 2.31. The van der Waals surface area contributed by atoms with Crippen molar-refractivity contribution >= 4 is 11.6 Å². The number of aryl methyl sites for hydroxylation is 1. The van der Waals surface area contributed by atoms with Crippen LogP contribution in [0, 0.1) is 12.7 Å². The third-order valence-corrected chi connectivity index (χ3v) is 4.65. The number of hydrogen-bond acceptors (Lipinski definition) is 1. The Balaban J connectivity index is 2.02. The average molecular weight is 304 g/mol. The zero-order valence-electron chi connectivity index (χ0n) is 12.1. The maximum atomic E-state index is 14.3. The number of rotatable bonds is 2. The molecule has 1 aliphatic heterocycles. The molecule has 1 fully saturated rings. The zero-order valence-corrected chi connectivity index (χ0v) is 12.8. The molecule has 2 atom stereocenters. The molecule has 0 radical (unpaired) electrons. The second kappa shape index (κ2) is 6.17. The summed E-state index contributed by atoms with van der Waals surface area (Å²) in [7, 11) is 0. The van der Waals surface area contributed by atoms with Crippen molar-refractivity contribution in [2.24, 2.45) is 0 Å². The first-order chi connectivity index (χ1) is 10.2. The van der Waals surface area contributed by atoms with Crippen LogP contribution >= 0.6 is 11.6 Å².